The average Bonchev–Trinajstić information content (AvgIpc) is 2.29. The fraction of sp³-hybridized carbons (Fsp3) is 0.0769. The molecule has 0 aliphatic rings. The second-order valence-electron chi connectivity index (χ2n) is 3.50. The lowest BCUT2D eigenvalue weighted by Gasteiger charge is -2.05. The van der Waals surface area contributed by atoms with Crippen LogP contribution in [0.5, 0.6) is 0 Å². The van der Waals surface area contributed by atoms with Crippen molar-refractivity contribution in [3.05, 3.63) is 52.8 Å². The smallest absolute Gasteiger partial charge is 0.0994 e. The third-order valence-corrected chi connectivity index (χ3v) is 2.73. The second-order valence-corrected chi connectivity index (χ2v) is 3.90. The van der Waals surface area contributed by atoms with Gasteiger partial charge in [-0.15, -0.1) is 0 Å². The molecule has 0 aliphatic heterocycles. The highest BCUT2D eigenvalue weighted by atomic mass is 35.5. The molecule has 0 saturated carbocycles. The largest absolute Gasteiger partial charge is 0.263 e. The third kappa shape index (κ3) is 1.91. The molecule has 0 spiro atoms. The van der Waals surface area contributed by atoms with Crippen LogP contribution in [0.4, 0.5) is 0 Å². The van der Waals surface area contributed by atoms with Crippen LogP contribution in [0.1, 0.15) is 11.1 Å². The molecule has 16 heavy (non-hydrogen) atoms. The van der Waals surface area contributed by atoms with E-state index in [0.29, 0.717) is 10.6 Å². The Morgan fingerprint density at radius 3 is 2.75 bits per heavy atom. The number of halogens is 1. The van der Waals surface area contributed by atoms with Crippen molar-refractivity contribution in [1.29, 1.82) is 5.26 Å². The molecule has 0 saturated heterocycles. The van der Waals surface area contributed by atoms with Crippen LogP contribution < -0.4 is 0 Å². The molecule has 0 bridgehead atoms. The molecule has 0 fully saturated rings. The number of aromatic nitrogens is 1. The van der Waals surface area contributed by atoms with Crippen LogP contribution in [0.2, 0.25) is 5.02 Å². The average molecular weight is 229 g/mol. The number of pyridine rings is 1. The monoisotopic (exact) mass is 228 g/mol. The summed E-state index contributed by atoms with van der Waals surface area (Å²) in [7, 11) is 0. The molecule has 1 aromatic heterocycles. The van der Waals surface area contributed by atoms with Crippen molar-refractivity contribution in [3.63, 3.8) is 0 Å². The van der Waals surface area contributed by atoms with Gasteiger partial charge in [0.15, 0.2) is 0 Å². The molecular formula is C13H9ClN2. The van der Waals surface area contributed by atoms with E-state index in [9.17, 15) is 0 Å². The van der Waals surface area contributed by atoms with E-state index in [0.717, 1.165) is 16.7 Å². The minimum absolute atomic E-state index is 0.617. The van der Waals surface area contributed by atoms with Gasteiger partial charge in [0.25, 0.3) is 0 Å². The van der Waals surface area contributed by atoms with Crippen LogP contribution in [-0.4, -0.2) is 4.98 Å². The van der Waals surface area contributed by atoms with Crippen LogP contribution >= 0.6 is 11.6 Å². The van der Waals surface area contributed by atoms with E-state index < -0.39 is 0 Å². The van der Waals surface area contributed by atoms with Crippen molar-refractivity contribution >= 4 is 11.6 Å². The molecule has 0 aliphatic carbocycles. The summed E-state index contributed by atoms with van der Waals surface area (Å²) < 4.78 is 0. The van der Waals surface area contributed by atoms with Gasteiger partial charge in [-0.3, -0.25) is 4.98 Å². The molecule has 0 N–H and O–H groups in total. The fourth-order valence-corrected chi connectivity index (χ4v) is 1.79. The maximum atomic E-state index is 8.85. The van der Waals surface area contributed by atoms with Crippen molar-refractivity contribution in [2.24, 2.45) is 0 Å². The molecule has 2 rings (SSSR count). The Balaban J connectivity index is 2.55. The van der Waals surface area contributed by atoms with Crippen LogP contribution in [0.3, 0.4) is 0 Å². The Bertz CT molecular complexity index is 570. The molecular weight excluding hydrogens is 220 g/mol. The molecule has 1 heterocycles. The summed E-state index contributed by atoms with van der Waals surface area (Å²) in [6.07, 6.45) is 3.32. The lowest BCUT2D eigenvalue weighted by Crippen LogP contribution is -1.86. The Kier molecular flexibility index (Phi) is 2.89. The van der Waals surface area contributed by atoms with E-state index in [2.05, 4.69) is 11.1 Å². The predicted molar refractivity (Wildman–Crippen MR) is 64.1 cm³/mol. The molecule has 0 atom stereocenters. The molecule has 0 radical (unpaired) electrons. The maximum Gasteiger partial charge on any atom is 0.0994 e. The summed E-state index contributed by atoms with van der Waals surface area (Å²) in [5, 5.41) is 9.47. The lowest BCUT2D eigenvalue weighted by molar-refractivity contribution is 1.32. The highest BCUT2D eigenvalue weighted by molar-refractivity contribution is 6.33. The predicted octanol–water partition coefficient (Wildman–Crippen LogP) is 3.58. The van der Waals surface area contributed by atoms with Gasteiger partial charge in [0.05, 0.1) is 16.7 Å². The first kappa shape index (κ1) is 10.7. The van der Waals surface area contributed by atoms with Gasteiger partial charge < -0.3 is 0 Å². The highest BCUT2D eigenvalue weighted by Gasteiger charge is 2.05. The Hall–Kier alpha value is -1.85. The van der Waals surface area contributed by atoms with E-state index in [-0.39, 0.29) is 0 Å². The summed E-state index contributed by atoms with van der Waals surface area (Å²) >= 11 is 6.06. The number of benzene rings is 1. The molecule has 78 valence electrons. The number of hydrogen-bond acceptors (Lipinski definition) is 2. The molecule has 1 aromatic carbocycles. The first-order valence-corrected chi connectivity index (χ1v) is 5.21. The van der Waals surface area contributed by atoms with Gasteiger partial charge >= 0.3 is 0 Å². The van der Waals surface area contributed by atoms with Crippen molar-refractivity contribution in [2.45, 2.75) is 6.92 Å². The van der Waals surface area contributed by atoms with Crippen LogP contribution in [0.25, 0.3) is 11.1 Å². The molecule has 2 nitrogen and oxygen atoms in total. The van der Waals surface area contributed by atoms with Crippen molar-refractivity contribution in [3.8, 4) is 17.2 Å². The van der Waals surface area contributed by atoms with Crippen molar-refractivity contribution in [2.75, 3.05) is 0 Å². The fourth-order valence-electron chi connectivity index (χ4n) is 1.57. The minimum atomic E-state index is 0.617. The van der Waals surface area contributed by atoms with E-state index in [1.807, 2.05) is 25.1 Å². The molecule has 0 unspecified atom stereocenters. The van der Waals surface area contributed by atoms with Gasteiger partial charge in [-0.2, -0.15) is 5.26 Å². The number of nitrogens with zero attached hydrogens (tertiary/aromatic N) is 2. The molecule has 2 aromatic rings. The normalized spacial score (nSPS) is 9.81. The zero-order valence-corrected chi connectivity index (χ0v) is 9.49. The third-order valence-electron chi connectivity index (χ3n) is 2.43. The van der Waals surface area contributed by atoms with Gasteiger partial charge in [0, 0.05) is 18.0 Å². The maximum absolute atomic E-state index is 8.85. The summed E-state index contributed by atoms with van der Waals surface area (Å²) in [5.41, 5.74) is 3.58. The summed E-state index contributed by atoms with van der Waals surface area (Å²) in [6, 6.07) is 9.67. The number of nitriles is 1. The van der Waals surface area contributed by atoms with Gasteiger partial charge in [0.2, 0.25) is 0 Å². The van der Waals surface area contributed by atoms with Crippen LogP contribution in [0.15, 0.2) is 36.7 Å². The van der Waals surface area contributed by atoms with Crippen LogP contribution in [0, 0.1) is 18.3 Å². The van der Waals surface area contributed by atoms with E-state index in [1.54, 1.807) is 18.5 Å². The summed E-state index contributed by atoms with van der Waals surface area (Å²) in [4.78, 5) is 3.94. The first-order chi connectivity index (χ1) is 7.72. The van der Waals surface area contributed by atoms with Crippen LogP contribution in [-0.2, 0) is 0 Å². The standard InChI is InChI=1S/C13H9ClN2/c1-9-6-10(2-3-11(9)7-15)12-4-5-16-8-13(12)14/h2-6,8H,1H3. The Morgan fingerprint density at radius 2 is 2.12 bits per heavy atom. The minimum Gasteiger partial charge on any atom is -0.263 e. The number of aryl methyl sites for hydroxylation is 1. The van der Waals surface area contributed by atoms with Gasteiger partial charge in [0.1, 0.15) is 0 Å². The van der Waals surface area contributed by atoms with Gasteiger partial charge in [-0.1, -0.05) is 23.7 Å². The lowest BCUT2D eigenvalue weighted by atomic mass is 10.0. The summed E-state index contributed by atoms with van der Waals surface area (Å²) in [5.74, 6) is 0. The highest BCUT2D eigenvalue weighted by Crippen LogP contribution is 2.27. The number of hydrogen-bond donors (Lipinski definition) is 0. The Morgan fingerprint density at radius 1 is 1.31 bits per heavy atom. The van der Waals surface area contributed by atoms with Crippen molar-refractivity contribution in [1.82, 2.24) is 4.98 Å². The van der Waals surface area contributed by atoms with E-state index in [4.69, 9.17) is 16.9 Å². The zero-order chi connectivity index (χ0) is 11.5. The first-order valence-electron chi connectivity index (χ1n) is 4.83. The Labute approximate surface area is 99.1 Å². The zero-order valence-electron chi connectivity index (χ0n) is 8.74. The SMILES string of the molecule is Cc1cc(-c2ccncc2Cl)ccc1C#N. The number of rotatable bonds is 1. The van der Waals surface area contributed by atoms with E-state index >= 15 is 0 Å². The molecule has 0 amide bonds. The molecule has 3 heteroatoms. The second kappa shape index (κ2) is 4.34. The van der Waals surface area contributed by atoms with Crippen molar-refractivity contribution < 1.29 is 0 Å². The quantitative estimate of drug-likeness (QED) is 0.748. The topological polar surface area (TPSA) is 36.7 Å². The summed E-state index contributed by atoms with van der Waals surface area (Å²) in [6.45, 7) is 1.91. The van der Waals surface area contributed by atoms with E-state index in [1.165, 1.54) is 0 Å². The van der Waals surface area contributed by atoms with Gasteiger partial charge in [-0.25, -0.2) is 0 Å². The van der Waals surface area contributed by atoms with Gasteiger partial charge in [-0.05, 0) is 30.2 Å².